The van der Waals surface area contributed by atoms with E-state index in [4.69, 9.17) is 16.7 Å². The van der Waals surface area contributed by atoms with Gasteiger partial charge in [-0.05, 0) is 13.3 Å². The van der Waals surface area contributed by atoms with Crippen molar-refractivity contribution in [3.8, 4) is 0 Å². The Balaban J connectivity index is 3.27. The van der Waals surface area contributed by atoms with Crippen molar-refractivity contribution in [3.05, 3.63) is 0 Å². The summed E-state index contributed by atoms with van der Waals surface area (Å²) in [6, 6.07) is 0. The van der Waals surface area contributed by atoms with Crippen LogP contribution in [0.15, 0.2) is 0 Å². The van der Waals surface area contributed by atoms with Gasteiger partial charge in [-0.15, -0.1) is 11.6 Å². The van der Waals surface area contributed by atoms with Gasteiger partial charge >= 0.3 is 5.97 Å². The van der Waals surface area contributed by atoms with E-state index in [9.17, 15) is 4.79 Å². The van der Waals surface area contributed by atoms with Crippen LogP contribution < -0.4 is 0 Å². The van der Waals surface area contributed by atoms with Gasteiger partial charge in [0.05, 0.1) is 5.92 Å². The second kappa shape index (κ2) is 14.7. The van der Waals surface area contributed by atoms with E-state index in [0.29, 0.717) is 0 Å². The molecule has 0 saturated heterocycles. The Morgan fingerprint density at radius 1 is 0.857 bits per heavy atom. The van der Waals surface area contributed by atoms with Crippen LogP contribution in [0.3, 0.4) is 0 Å². The van der Waals surface area contributed by atoms with E-state index in [-0.39, 0.29) is 11.3 Å². The first-order valence-electron chi connectivity index (χ1n) is 8.96. The molecule has 126 valence electrons. The summed E-state index contributed by atoms with van der Waals surface area (Å²) >= 11 is 5.90. The molecule has 0 radical (unpaired) electrons. The molecule has 0 amide bonds. The Morgan fingerprint density at radius 2 is 1.24 bits per heavy atom. The van der Waals surface area contributed by atoms with Gasteiger partial charge in [0.15, 0.2) is 0 Å². The van der Waals surface area contributed by atoms with E-state index in [2.05, 4.69) is 6.92 Å². The van der Waals surface area contributed by atoms with Gasteiger partial charge in [0.2, 0.25) is 0 Å². The van der Waals surface area contributed by atoms with Gasteiger partial charge in [0.25, 0.3) is 0 Å². The van der Waals surface area contributed by atoms with Crippen LogP contribution in [0.25, 0.3) is 0 Å². The van der Waals surface area contributed by atoms with E-state index in [1.807, 2.05) is 0 Å². The molecule has 3 heteroatoms. The Bertz CT molecular complexity index is 241. The first kappa shape index (κ1) is 20.8. The summed E-state index contributed by atoms with van der Waals surface area (Å²) in [5, 5.41) is 8.77. The molecule has 0 fully saturated rings. The molecule has 0 spiro atoms. The van der Waals surface area contributed by atoms with E-state index in [1.54, 1.807) is 6.92 Å². The maximum absolute atomic E-state index is 11.0. The maximum atomic E-state index is 11.0. The fraction of sp³-hybridized carbons (Fsp3) is 0.944. The SMILES string of the molecule is CCCCCCCCCCCCCCC(C(=O)O)C(C)Cl. The van der Waals surface area contributed by atoms with Crippen molar-refractivity contribution < 1.29 is 9.90 Å². The minimum atomic E-state index is -0.749. The third-order valence-electron chi connectivity index (χ3n) is 4.24. The van der Waals surface area contributed by atoms with Gasteiger partial charge in [0, 0.05) is 5.38 Å². The lowest BCUT2D eigenvalue weighted by Gasteiger charge is -2.13. The summed E-state index contributed by atoms with van der Waals surface area (Å²) in [6.45, 7) is 4.04. The van der Waals surface area contributed by atoms with Gasteiger partial charge in [-0.2, -0.15) is 0 Å². The molecule has 1 N–H and O–H groups in total. The third-order valence-corrected chi connectivity index (χ3v) is 4.54. The minimum Gasteiger partial charge on any atom is -0.481 e. The molecule has 0 heterocycles. The summed E-state index contributed by atoms with van der Waals surface area (Å²) in [4.78, 5) is 11.0. The van der Waals surface area contributed by atoms with Gasteiger partial charge in [-0.25, -0.2) is 0 Å². The maximum Gasteiger partial charge on any atom is 0.307 e. The lowest BCUT2D eigenvalue weighted by atomic mass is 9.97. The van der Waals surface area contributed by atoms with Crippen molar-refractivity contribution in [2.24, 2.45) is 5.92 Å². The van der Waals surface area contributed by atoms with Gasteiger partial charge in [-0.3, -0.25) is 4.79 Å². The van der Waals surface area contributed by atoms with E-state index < -0.39 is 5.97 Å². The van der Waals surface area contributed by atoms with Crippen molar-refractivity contribution in [2.75, 3.05) is 0 Å². The zero-order chi connectivity index (χ0) is 15.9. The topological polar surface area (TPSA) is 37.3 Å². The van der Waals surface area contributed by atoms with Gasteiger partial charge in [-0.1, -0.05) is 84.0 Å². The highest BCUT2D eigenvalue weighted by Gasteiger charge is 2.21. The monoisotopic (exact) mass is 318 g/mol. The smallest absolute Gasteiger partial charge is 0.307 e. The normalized spacial score (nSPS) is 14.0. The summed E-state index contributed by atoms with van der Waals surface area (Å²) in [7, 11) is 0. The largest absolute Gasteiger partial charge is 0.481 e. The van der Waals surface area contributed by atoms with Crippen LogP contribution in [0.1, 0.15) is 97.3 Å². The fourth-order valence-corrected chi connectivity index (χ4v) is 2.99. The summed E-state index contributed by atoms with van der Waals surface area (Å²) in [6.07, 6.45) is 16.4. The number of hydrogen-bond acceptors (Lipinski definition) is 1. The molecule has 2 unspecified atom stereocenters. The molecular formula is C18H35ClO2. The molecule has 0 saturated carbocycles. The van der Waals surface area contributed by atoms with Crippen molar-refractivity contribution in [2.45, 2.75) is 103 Å². The number of carboxylic acids is 1. The van der Waals surface area contributed by atoms with Crippen LogP contribution >= 0.6 is 11.6 Å². The van der Waals surface area contributed by atoms with Crippen LogP contribution in [0.4, 0.5) is 0 Å². The Morgan fingerprint density at radius 3 is 1.57 bits per heavy atom. The van der Waals surface area contributed by atoms with Crippen LogP contribution in [-0.2, 0) is 4.79 Å². The highest BCUT2D eigenvalue weighted by atomic mass is 35.5. The molecular weight excluding hydrogens is 284 g/mol. The predicted octanol–water partition coefficient (Wildman–Crippen LogP) is 6.41. The first-order valence-corrected chi connectivity index (χ1v) is 9.40. The molecule has 21 heavy (non-hydrogen) atoms. The van der Waals surface area contributed by atoms with Crippen molar-refractivity contribution in [1.29, 1.82) is 0 Å². The second-order valence-corrected chi connectivity index (χ2v) is 6.99. The number of carboxylic acid groups (broad SMARTS) is 1. The molecule has 0 bridgehead atoms. The highest BCUT2D eigenvalue weighted by Crippen LogP contribution is 2.19. The number of hydrogen-bond donors (Lipinski definition) is 1. The van der Waals surface area contributed by atoms with Crippen molar-refractivity contribution >= 4 is 17.6 Å². The fourth-order valence-electron chi connectivity index (χ4n) is 2.75. The molecule has 0 aliphatic carbocycles. The molecule has 2 atom stereocenters. The van der Waals surface area contributed by atoms with Crippen molar-refractivity contribution in [1.82, 2.24) is 0 Å². The molecule has 0 aliphatic heterocycles. The highest BCUT2D eigenvalue weighted by molar-refractivity contribution is 6.21. The number of alkyl halides is 1. The lowest BCUT2D eigenvalue weighted by Crippen LogP contribution is -2.21. The average molecular weight is 319 g/mol. The van der Waals surface area contributed by atoms with Crippen molar-refractivity contribution in [3.63, 3.8) is 0 Å². The summed E-state index contributed by atoms with van der Waals surface area (Å²) in [5.74, 6) is -1.13. The van der Waals surface area contributed by atoms with Crippen LogP contribution in [0.2, 0.25) is 0 Å². The Kier molecular flexibility index (Phi) is 14.5. The Labute approximate surface area is 136 Å². The van der Waals surface area contributed by atoms with Crippen LogP contribution in [0.5, 0.6) is 0 Å². The summed E-state index contributed by atoms with van der Waals surface area (Å²) in [5.41, 5.74) is 0. The van der Waals surface area contributed by atoms with Gasteiger partial charge in [0.1, 0.15) is 0 Å². The lowest BCUT2D eigenvalue weighted by molar-refractivity contribution is -0.141. The third kappa shape index (κ3) is 13.2. The molecule has 0 aromatic rings. The number of carbonyl (C=O) groups is 1. The number of aliphatic carboxylic acids is 1. The Hall–Kier alpha value is -0.240. The number of rotatable bonds is 15. The van der Waals surface area contributed by atoms with E-state index in [0.717, 1.165) is 19.3 Å². The molecule has 0 aliphatic rings. The number of unbranched alkanes of at least 4 members (excludes halogenated alkanes) is 11. The van der Waals surface area contributed by atoms with E-state index >= 15 is 0 Å². The number of halogens is 1. The van der Waals surface area contributed by atoms with Crippen LogP contribution in [0, 0.1) is 5.92 Å². The zero-order valence-corrected chi connectivity index (χ0v) is 14.8. The van der Waals surface area contributed by atoms with E-state index in [1.165, 1.54) is 64.2 Å². The molecule has 2 nitrogen and oxygen atoms in total. The first-order chi connectivity index (χ1) is 10.1. The quantitative estimate of drug-likeness (QED) is 0.280. The molecule has 0 rings (SSSR count). The standard InChI is InChI=1S/C18H35ClO2/c1-3-4-5-6-7-8-9-10-11-12-13-14-15-17(16(2)19)18(20)21/h16-17H,3-15H2,1-2H3,(H,20,21). The zero-order valence-electron chi connectivity index (χ0n) is 14.1. The second-order valence-electron chi connectivity index (χ2n) is 6.30. The minimum absolute atomic E-state index is 0.268. The summed E-state index contributed by atoms with van der Waals surface area (Å²) < 4.78 is 0. The van der Waals surface area contributed by atoms with Gasteiger partial charge < -0.3 is 5.11 Å². The predicted molar refractivity (Wildman–Crippen MR) is 92.1 cm³/mol. The molecule has 0 aromatic carbocycles. The van der Waals surface area contributed by atoms with Crippen LogP contribution in [-0.4, -0.2) is 16.5 Å². The molecule has 0 aromatic heterocycles. The average Bonchev–Trinajstić information content (AvgIpc) is 2.43.